The summed E-state index contributed by atoms with van der Waals surface area (Å²) in [5.41, 5.74) is 0.111. The summed E-state index contributed by atoms with van der Waals surface area (Å²) in [5.74, 6) is -1.22. The van der Waals surface area contributed by atoms with Gasteiger partial charge < -0.3 is 20.0 Å². The highest BCUT2D eigenvalue weighted by Crippen LogP contribution is 2.20. The molecule has 1 aromatic rings. The molecule has 0 bridgehead atoms. The van der Waals surface area contributed by atoms with Gasteiger partial charge in [-0.1, -0.05) is 0 Å². The van der Waals surface area contributed by atoms with Gasteiger partial charge in [-0.3, -0.25) is 0 Å². The van der Waals surface area contributed by atoms with E-state index in [1.54, 1.807) is 32.2 Å². The van der Waals surface area contributed by atoms with Gasteiger partial charge in [0, 0.05) is 12.4 Å². The van der Waals surface area contributed by atoms with Crippen LogP contribution < -0.4 is 10.4 Å². The fourth-order valence-electron chi connectivity index (χ4n) is 1.34. The van der Waals surface area contributed by atoms with Gasteiger partial charge in [-0.05, 0) is 43.2 Å². The summed E-state index contributed by atoms with van der Waals surface area (Å²) in [6.45, 7) is 5.22. The maximum atomic E-state index is 11.6. The maximum absolute atomic E-state index is 11.6. The van der Waals surface area contributed by atoms with Gasteiger partial charge in [-0.25, -0.2) is 4.79 Å². The van der Waals surface area contributed by atoms with Crippen LogP contribution in [0.2, 0.25) is 0 Å². The van der Waals surface area contributed by atoms with Crippen LogP contribution in [0.15, 0.2) is 16.8 Å². The third kappa shape index (κ3) is 5.18. The highest BCUT2D eigenvalue weighted by atomic mass is 32.1. The predicted octanol–water partition coefficient (Wildman–Crippen LogP) is 1.45. The highest BCUT2D eigenvalue weighted by Gasteiger charge is 2.20. The minimum absolute atomic E-state index is 0.282. The maximum Gasteiger partial charge on any atom is 0.408 e. The van der Waals surface area contributed by atoms with Crippen molar-refractivity contribution >= 4 is 23.4 Å². The molecule has 1 rings (SSSR count). The first-order valence-electron chi connectivity index (χ1n) is 5.49. The molecular weight excluding hydrogens is 254 g/mol. The first-order chi connectivity index (χ1) is 8.28. The second-order valence-electron chi connectivity index (χ2n) is 4.83. The summed E-state index contributed by atoms with van der Waals surface area (Å²) in [5, 5.41) is 16.8. The van der Waals surface area contributed by atoms with Gasteiger partial charge in [0.15, 0.2) is 0 Å². The van der Waals surface area contributed by atoms with Crippen molar-refractivity contribution in [2.24, 2.45) is 0 Å². The molecule has 0 aromatic carbocycles. The van der Waals surface area contributed by atoms with Crippen LogP contribution in [0.25, 0.3) is 0 Å². The molecule has 0 unspecified atom stereocenters. The van der Waals surface area contributed by atoms with Crippen molar-refractivity contribution in [1.29, 1.82) is 0 Å². The molecule has 100 valence electrons. The summed E-state index contributed by atoms with van der Waals surface area (Å²) in [6.07, 6.45) is -0.921. The summed E-state index contributed by atoms with van der Waals surface area (Å²) in [4.78, 5) is 22.3. The second kappa shape index (κ2) is 5.86. The first-order valence-corrected chi connectivity index (χ1v) is 6.43. The molecular formula is C12H16NO4S-. The van der Waals surface area contributed by atoms with E-state index in [-0.39, 0.29) is 6.42 Å². The molecule has 1 N–H and O–H groups in total. The molecule has 0 aliphatic carbocycles. The van der Waals surface area contributed by atoms with E-state index in [1.165, 1.54) is 11.3 Å². The van der Waals surface area contributed by atoms with Crippen molar-refractivity contribution in [3.8, 4) is 0 Å². The monoisotopic (exact) mass is 270 g/mol. The van der Waals surface area contributed by atoms with E-state index in [2.05, 4.69) is 5.32 Å². The Hall–Kier alpha value is -1.56. The summed E-state index contributed by atoms with van der Waals surface area (Å²) >= 11 is 1.43. The number of carboxylic acids is 1. The van der Waals surface area contributed by atoms with Crippen molar-refractivity contribution in [2.75, 3.05) is 0 Å². The lowest BCUT2D eigenvalue weighted by Crippen LogP contribution is -2.37. The SMILES string of the molecule is CC(C)(C)OC(=O)N[C@H](CC(=O)[O-])c1ccsc1. The Morgan fingerprint density at radius 3 is 2.61 bits per heavy atom. The van der Waals surface area contributed by atoms with Crippen LogP contribution in [0.4, 0.5) is 4.79 Å². The van der Waals surface area contributed by atoms with Crippen molar-refractivity contribution in [3.63, 3.8) is 0 Å². The number of alkyl carbamates (subject to hydrolysis) is 1. The Bertz CT molecular complexity index is 408. The highest BCUT2D eigenvalue weighted by molar-refractivity contribution is 7.07. The van der Waals surface area contributed by atoms with Crippen LogP contribution in [0.5, 0.6) is 0 Å². The number of thiophene rings is 1. The lowest BCUT2D eigenvalue weighted by atomic mass is 10.1. The van der Waals surface area contributed by atoms with Gasteiger partial charge in [0.1, 0.15) is 5.60 Å². The number of hydrogen-bond acceptors (Lipinski definition) is 5. The van der Waals surface area contributed by atoms with Gasteiger partial charge in [0.2, 0.25) is 0 Å². The van der Waals surface area contributed by atoms with Crippen LogP contribution in [0.3, 0.4) is 0 Å². The predicted molar refractivity (Wildman–Crippen MR) is 66.1 cm³/mol. The van der Waals surface area contributed by atoms with Crippen LogP contribution >= 0.6 is 11.3 Å². The molecule has 0 aliphatic heterocycles. The normalized spacial score (nSPS) is 12.8. The van der Waals surface area contributed by atoms with E-state index >= 15 is 0 Å². The van der Waals surface area contributed by atoms with Gasteiger partial charge in [0.05, 0.1) is 6.04 Å². The molecule has 0 spiro atoms. The van der Waals surface area contributed by atoms with E-state index in [0.717, 1.165) is 5.56 Å². The Morgan fingerprint density at radius 2 is 2.17 bits per heavy atom. The van der Waals surface area contributed by atoms with E-state index in [4.69, 9.17) is 4.74 Å². The molecule has 1 amide bonds. The zero-order chi connectivity index (χ0) is 13.8. The van der Waals surface area contributed by atoms with Crippen LogP contribution in [-0.4, -0.2) is 17.7 Å². The summed E-state index contributed by atoms with van der Waals surface area (Å²) in [7, 11) is 0. The second-order valence-corrected chi connectivity index (χ2v) is 5.61. The van der Waals surface area contributed by atoms with E-state index < -0.39 is 23.7 Å². The van der Waals surface area contributed by atoms with Gasteiger partial charge in [-0.15, -0.1) is 0 Å². The minimum Gasteiger partial charge on any atom is -0.550 e. The average molecular weight is 270 g/mol. The number of carboxylic acid groups (broad SMARTS) is 1. The van der Waals surface area contributed by atoms with E-state index in [1.807, 2.05) is 5.38 Å². The first kappa shape index (κ1) is 14.5. The van der Waals surface area contributed by atoms with Crippen molar-refractivity contribution in [3.05, 3.63) is 22.4 Å². The molecule has 6 heteroatoms. The number of ether oxygens (including phenoxy) is 1. The third-order valence-electron chi connectivity index (χ3n) is 2.01. The Kier molecular flexibility index (Phi) is 4.72. The fraction of sp³-hybridized carbons (Fsp3) is 0.500. The Balaban J connectivity index is 2.68. The molecule has 0 aliphatic rings. The molecule has 0 radical (unpaired) electrons. The largest absolute Gasteiger partial charge is 0.550 e. The zero-order valence-electron chi connectivity index (χ0n) is 10.6. The number of aliphatic carboxylic acids is 1. The number of carbonyl (C=O) groups excluding carboxylic acids is 2. The minimum atomic E-state index is -1.22. The third-order valence-corrected chi connectivity index (χ3v) is 2.71. The molecule has 0 saturated carbocycles. The molecule has 1 atom stereocenters. The van der Waals surface area contributed by atoms with Gasteiger partial charge in [-0.2, -0.15) is 11.3 Å². The van der Waals surface area contributed by atoms with Gasteiger partial charge in [0.25, 0.3) is 0 Å². The van der Waals surface area contributed by atoms with Crippen LogP contribution in [0.1, 0.15) is 38.8 Å². The summed E-state index contributed by atoms with van der Waals surface area (Å²) in [6, 6.07) is 1.13. The number of carbonyl (C=O) groups is 2. The quantitative estimate of drug-likeness (QED) is 0.898. The van der Waals surface area contributed by atoms with E-state index in [9.17, 15) is 14.7 Å². The van der Waals surface area contributed by atoms with E-state index in [0.29, 0.717) is 0 Å². The number of hydrogen-bond donors (Lipinski definition) is 1. The Morgan fingerprint density at radius 1 is 1.50 bits per heavy atom. The molecule has 18 heavy (non-hydrogen) atoms. The lowest BCUT2D eigenvalue weighted by Gasteiger charge is -2.23. The van der Waals surface area contributed by atoms with Crippen molar-refractivity contribution < 1.29 is 19.4 Å². The average Bonchev–Trinajstić information content (AvgIpc) is 2.64. The molecule has 1 heterocycles. The fourth-order valence-corrected chi connectivity index (χ4v) is 2.06. The molecule has 0 fully saturated rings. The lowest BCUT2D eigenvalue weighted by molar-refractivity contribution is -0.306. The van der Waals surface area contributed by atoms with Crippen molar-refractivity contribution in [1.82, 2.24) is 5.32 Å². The van der Waals surface area contributed by atoms with Crippen molar-refractivity contribution in [2.45, 2.75) is 38.8 Å². The number of amides is 1. The Labute approximate surface area is 110 Å². The van der Waals surface area contributed by atoms with Crippen LogP contribution in [-0.2, 0) is 9.53 Å². The zero-order valence-corrected chi connectivity index (χ0v) is 11.4. The van der Waals surface area contributed by atoms with Gasteiger partial charge >= 0.3 is 6.09 Å². The van der Waals surface area contributed by atoms with Crippen LogP contribution in [0, 0.1) is 0 Å². The molecule has 5 nitrogen and oxygen atoms in total. The smallest absolute Gasteiger partial charge is 0.408 e. The topological polar surface area (TPSA) is 78.5 Å². The number of nitrogens with one attached hydrogen (secondary N) is 1. The standard InChI is InChI=1S/C12H17NO4S/c1-12(2,3)17-11(16)13-9(6-10(14)15)8-4-5-18-7-8/h4-5,7,9H,6H2,1-3H3,(H,13,16)(H,14,15)/p-1/t9-/m1/s1. The number of rotatable bonds is 4. The molecule has 1 aromatic heterocycles. The molecule has 0 saturated heterocycles. The summed E-state index contributed by atoms with van der Waals surface area (Å²) < 4.78 is 5.09.